The molecule has 0 atom stereocenters. The summed E-state index contributed by atoms with van der Waals surface area (Å²) in [5.41, 5.74) is 2.37. The fourth-order valence-corrected chi connectivity index (χ4v) is 2.97. The first-order valence-electron chi connectivity index (χ1n) is 7.59. The van der Waals surface area contributed by atoms with E-state index in [4.69, 9.17) is 0 Å². The van der Waals surface area contributed by atoms with Gasteiger partial charge in [0.1, 0.15) is 0 Å². The van der Waals surface area contributed by atoms with Crippen molar-refractivity contribution in [2.75, 3.05) is 6.26 Å². The van der Waals surface area contributed by atoms with Gasteiger partial charge in [0.25, 0.3) is 5.91 Å². The molecule has 1 amide bonds. The second kappa shape index (κ2) is 6.90. The molecule has 1 N–H and O–H groups in total. The summed E-state index contributed by atoms with van der Waals surface area (Å²) in [6.45, 7) is 0.386. The molecule has 0 aliphatic carbocycles. The standard InChI is InChI=1S/C18H17N3O3S/c1-25(23,24)17-8-4-15(5-9-17)18(22)20-12-14-2-6-16(7-3-14)21-11-10-19-13-21/h2-11,13H,12H2,1H3,(H,20,22). The van der Waals surface area contributed by atoms with Gasteiger partial charge < -0.3 is 9.88 Å². The fourth-order valence-electron chi connectivity index (χ4n) is 2.34. The Balaban J connectivity index is 1.62. The lowest BCUT2D eigenvalue weighted by Crippen LogP contribution is -2.22. The highest BCUT2D eigenvalue weighted by molar-refractivity contribution is 7.90. The van der Waals surface area contributed by atoms with Crippen molar-refractivity contribution in [3.63, 3.8) is 0 Å². The van der Waals surface area contributed by atoms with Gasteiger partial charge in [0.2, 0.25) is 0 Å². The van der Waals surface area contributed by atoms with Gasteiger partial charge in [0.15, 0.2) is 9.84 Å². The van der Waals surface area contributed by atoms with Crippen molar-refractivity contribution in [1.29, 1.82) is 0 Å². The lowest BCUT2D eigenvalue weighted by atomic mass is 10.2. The molecule has 7 heteroatoms. The van der Waals surface area contributed by atoms with Crippen LogP contribution in [0.25, 0.3) is 5.69 Å². The van der Waals surface area contributed by atoms with E-state index in [0.29, 0.717) is 12.1 Å². The average molecular weight is 355 g/mol. The number of rotatable bonds is 5. The maximum absolute atomic E-state index is 12.2. The third kappa shape index (κ3) is 4.13. The summed E-state index contributed by atoms with van der Waals surface area (Å²) < 4.78 is 24.8. The van der Waals surface area contributed by atoms with E-state index < -0.39 is 9.84 Å². The van der Waals surface area contributed by atoms with Gasteiger partial charge in [0, 0.05) is 36.4 Å². The minimum Gasteiger partial charge on any atom is -0.348 e. The van der Waals surface area contributed by atoms with Crippen molar-refractivity contribution < 1.29 is 13.2 Å². The van der Waals surface area contributed by atoms with Crippen LogP contribution in [0.3, 0.4) is 0 Å². The molecule has 1 heterocycles. The van der Waals surface area contributed by atoms with Gasteiger partial charge in [-0.15, -0.1) is 0 Å². The predicted octanol–water partition coefficient (Wildman–Crippen LogP) is 2.21. The molecule has 0 spiro atoms. The van der Waals surface area contributed by atoms with E-state index in [1.807, 2.05) is 35.0 Å². The Morgan fingerprint density at radius 2 is 1.76 bits per heavy atom. The first kappa shape index (κ1) is 16.9. The van der Waals surface area contributed by atoms with E-state index in [-0.39, 0.29) is 10.8 Å². The summed E-state index contributed by atoms with van der Waals surface area (Å²) in [6.07, 6.45) is 6.42. The zero-order valence-corrected chi connectivity index (χ0v) is 14.4. The Morgan fingerprint density at radius 1 is 1.08 bits per heavy atom. The predicted molar refractivity (Wildman–Crippen MR) is 94.3 cm³/mol. The number of benzene rings is 2. The minimum absolute atomic E-state index is 0.194. The summed E-state index contributed by atoms with van der Waals surface area (Å²) in [7, 11) is -3.26. The molecule has 0 aliphatic rings. The zero-order valence-electron chi connectivity index (χ0n) is 13.6. The Bertz CT molecular complexity index is 961. The van der Waals surface area contributed by atoms with Crippen molar-refractivity contribution in [3.05, 3.63) is 78.4 Å². The van der Waals surface area contributed by atoms with Gasteiger partial charge in [0.05, 0.1) is 11.2 Å². The molecule has 3 rings (SSSR count). The number of hydrogen-bond acceptors (Lipinski definition) is 4. The topological polar surface area (TPSA) is 81.1 Å². The van der Waals surface area contributed by atoms with Gasteiger partial charge >= 0.3 is 0 Å². The van der Waals surface area contributed by atoms with Crippen LogP contribution in [0, 0.1) is 0 Å². The Hall–Kier alpha value is -2.93. The molecule has 0 radical (unpaired) electrons. The number of nitrogens with one attached hydrogen (secondary N) is 1. The van der Waals surface area contributed by atoms with Crippen molar-refractivity contribution in [3.8, 4) is 5.69 Å². The smallest absolute Gasteiger partial charge is 0.251 e. The summed E-state index contributed by atoms with van der Waals surface area (Å²) in [5, 5.41) is 2.82. The van der Waals surface area contributed by atoms with Gasteiger partial charge in [-0.2, -0.15) is 0 Å². The summed E-state index contributed by atoms with van der Waals surface area (Å²) in [6, 6.07) is 13.6. The third-order valence-electron chi connectivity index (χ3n) is 3.74. The molecule has 25 heavy (non-hydrogen) atoms. The fraction of sp³-hybridized carbons (Fsp3) is 0.111. The molecule has 0 fully saturated rings. The van der Waals surface area contributed by atoms with Crippen molar-refractivity contribution in [1.82, 2.24) is 14.9 Å². The molecule has 0 unspecified atom stereocenters. The first-order valence-corrected chi connectivity index (χ1v) is 9.48. The van der Waals surface area contributed by atoms with Crippen LogP contribution >= 0.6 is 0 Å². The third-order valence-corrected chi connectivity index (χ3v) is 4.87. The number of hydrogen-bond donors (Lipinski definition) is 1. The Labute approximate surface area is 146 Å². The normalized spacial score (nSPS) is 11.2. The summed E-state index contributed by atoms with van der Waals surface area (Å²) >= 11 is 0. The number of amides is 1. The molecule has 0 aliphatic heterocycles. The molecule has 128 valence electrons. The van der Waals surface area contributed by atoms with Crippen LogP contribution < -0.4 is 5.32 Å². The van der Waals surface area contributed by atoms with Gasteiger partial charge in [-0.3, -0.25) is 4.79 Å². The summed E-state index contributed by atoms with van der Waals surface area (Å²) in [4.78, 5) is 16.4. The monoisotopic (exact) mass is 355 g/mol. The lowest BCUT2D eigenvalue weighted by molar-refractivity contribution is 0.0951. The van der Waals surface area contributed by atoms with Crippen LogP contribution in [0.1, 0.15) is 15.9 Å². The highest BCUT2D eigenvalue weighted by Crippen LogP contribution is 2.11. The number of imidazole rings is 1. The number of aromatic nitrogens is 2. The van der Waals surface area contributed by atoms with Crippen molar-refractivity contribution >= 4 is 15.7 Å². The van der Waals surface area contributed by atoms with Crippen LogP contribution in [0.5, 0.6) is 0 Å². The zero-order chi connectivity index (χ0) is 17.9. The van der Waals surface area contributed by atoms with Crippen LogP contribution in [0.2, 0.25) is 0 Å². The molecule has 0 saturated heterocycles. The second-order valence-corrected chi connectivity index (χ2v) is 7.63. The van der Waals surface area contributed by atoms with E-state index in [1.165, 1.54) is 24.3 Å². The minimum atomic E-state index is -3.26. The van der Waals surface area contributed by atoms with Crippen molar-refractivity contribution in [2.24, 2.45) is 0 Å². The molecular formula is C18H17N3O3S. The molecular weight excluding hydrogens is 338 g/mol. The summed E-state index contributed by atoms with van der Waals surface area (Å²) in [5.74, 6) is -0.251. The quantitative estimate of drug-likeness (QED) is 0.761. The molecule has 0 saturated carbocycles. The Kier molecular flexibility index (Phi) is 4.67. The second-order valence-electron chi connectivity index (χ2n) is 5.62. The van der Waals surface area contributed by atoms with E-state index in [2.05, 4.69) is 10.3 Å². The SMILES string of the molecule is CS(=O)(=O)c1ccc(C(=O)NCc2ccc(-n3ccnc3)cc2)cc1. The van der Waals surface area contributed by atoms with Crippen LogP contribution in [-0.4, -0.2) is 30.1 Å². The average Bonchev–Trinajstić information content (AvgIpc) is 3.14. The Morgan fingerprint density at radius 3 is 2.32 bits per heavy atom. The van der Waals surface area contributed by atoms with Gasteiger partial charge in [-0.1, -0.05) is 12.1 Å². The highest BCUT2D eigenvalue weighted by Gasteiger charge is 2.09. The largest absolute Gasteiger partial charge is 0.348 e. The molecule has 6 nitrogen and oxygen atoms in total. The van der Waals surface area contributed by atoms with E-state index >= 15 is 0 Å². The first-order chi connectivity index (χ1) is 11.9. The maximum atomic E-state index is 12.2. The molecule has 1 aromatic heterocycles. The molecule has 3 aromatic rings. The van der Waals surface area contributed by atoms with Crippen LogP contribution in [-0.2, 0) is 16.4 Å². The highest BCUT2D eigenvalue weighted by atomic mass is 32.2. The number of carbonyl (C=O) groups excluding carboxylic acids is 1. The van der Waals surface area contributed by atoms with E-state index in [1.54, 1.807) is 12.5 Å². The number of sulfone groups is 1. The van der Waals surface area contributed by atoms with Crippen molar-refractivity contribution in [2.45, 2.75) is 11.4 Å². The van der Waals surface area contributed by atoms with Gasteiger partial charge in [-0.25, -0.2) is 13.4 Å². The number of nitrogens with zero attached hydrogens (tertiary/aromatic N) is 2. The molecule has 0 bridgehead atoms. The number of carbonyl (C=O) groups is 1. The van der Waals surface area contributed by atoms with Gasteiger partial charge in [-0.05, 0) is 42.0 Å². The lowest BCUT2D eigenvalue weighted by Gasteiger charge is -2.07. The van der Waals surface area contributed by atoms with Crippen LogP contribution in [0.4, 0.5) is 0 Å². The van der Waals surface area contributed by atoms with E-state index in [0.717, 1.165) is 17.5 Å². The maximum Gasteiger partial charge on any atom is 0.251 e. The molecule has 2 aromatic carbocycles. The van der Waals surface area contributed by atoms with Crippen LogP contribution in [0.15, 0.2) is 72.1 Å². The van der Waals surface area contributed by atoms with E-state index in [9.17, 15) is 13.2 Å².